The Bertz CT molecular complexity index is 1500. The highest BCUT2D eigenvalue weighted by atomic mass is 32.2. The first-order chi connectivity index (χ1) is 13.6. The van der Waals surface area contributed by atoms with Gasteiger partial charge in [-0.15, -0.1) is 0 Å². The maximum absolute atomic E-state index is 13.9. The van der Waals surface area contributed by atoms with Crippen molar-refractivity contribution in [2.24, 2.45) is 0 Å². The first-order valence-electron chi connectivity index (χ1n) is 8.44. The summed E-state index contributed by atoms with van der Waals surface area (Å²) < 4.78 is 13.9. The fourth-order valence-electron chi connectivity index (χ4n) is 3.41. The molecule has 0 unspecified atom stereocenters. The minimum Gasteiger partial charge on any atom is -0.332 e. The third-order valence-electron chi connectivity index (χ3n) is 4.60. The minimum absolute atomic E-state index is 0.283. The van der Waals surface area contributed by atoms with E-state index in [2.05, 4.69) is 21.0 Å². The molecule has 0 aliphatic carbocycles. The molecular weight excluding hydrogens is 375 g/mol. The highest BCUT2D eigenvalue weighted by Crippen LogP contribution is 2.35. The summed E-state index contributed by atoms with van der Waals surface area (Å²) in [4.78, 5) is 24.0. The van der Waals surface area contributed by atoms with Crippen molar-refractivity contribution in [3.8, 4) is 6.07 Å². The molecule has 2 aromatic heterocycles. The van der Waals surface area contributed by atoms with Crippen LogP contribution in [0.15, 0.2) is 69.6 Å². The summed E-state index contributed by atoms with van der Waals surface area (Å²) in [5.74, 6) is -0.404. The van der Waals surface area contributed by atoms with Crippen molar-refractivity contribution in [1.29, 1.82) is 5.26 Å². The zero-order valence-electron chi connectivity index (χ0n) is 14.3. The molecule has 3 aromatic carbocycles. The van der Waals surface area contributed by atoms with Gasteiger partial charge >= 0.3 is 0 Å². The van der Waals surface area contributed by atoms with Crippen molar-refractivity contribution in [3.63, 3.8) is 0 Å². The molecule has 0 amide bonds. The summed E-state index contributed by atoms with van der Waals surface area (Å²) in [6.07, 6.45) is 1.56. The van der Waals surface area contributed by atoms with Crippen LogP contribution in [0, 0.1) is 17.1 Å². The smallest absolute Gasteiger partial charge is 0.256 e. The van der Waals surface area contributed by atoms with Crippen LogP contribution >= 0.6 is 11.8 Å². The molecule has 0 aliphatic heterocycles. The van der Waals surface area contributed by atoms with Gasteiger partial charge in [-0.2, -0.15) is 5.26 Å². The molecule has 0 spiro atoms. The van der Waals surface area contributed by atoms with E-state index in [1.54, 1.807) is 30.5 Å². The summed E-state index contributed by atoms with van der Waals surface area (Å²) in [6.45, 7) is 0. The number of nitriles is 1. The van der Waals surface area contributed by atoms with E-state index in [1.165, 1.54) is 23.9 Å². The first kappa shape index (κ1) is 16.5. The topological polar surface area (TPSA) is 85.3 Å². The van der Waals surface area contributed by atoms with Crippen LogP contribution in [-0.2, 0) is 0 Å². The Morgan fingerprint density at radius 2 is 1.96 bits per heavy atom. The highest BCUT2D eigenvalue weighted by molar-refractivity contribution is 7.99. The predicted molar refractivity (Wildman–Crippen MR) is 107 cm³/mol. The molecule has 7 heteroatoms. The number of nitrogens with one attached hydrogen (secondary N) is 2. The molecule has 0 saturated heterocycles. The molecule has 28 heavy (non-hydrogen) atoms. The Kier molecular flexibility index (Phi) is 3.67. The van der Waals surface area contributed by atoms with Gasteiger partial charge in [-0.3, -0.25) is 4.79 Å². The van der Waals surface area contributed by atoms with Gasteiger partial charge in [0.2, 0.25) is 0 Å². The van der Waals surface area contributed by atoms with Crippen molar-refractivity contribution in [3.05, 3.63) is 76.5 Å². The Balaban J connectivity index is 1.80. The van der Waals surface area contributed by atoms with E-state index in [0.717, 1.165) is 15.8 Å². The third-order valence-corrected chi connectivity index (χ3v) is 5.47. The Morgan fingerprint density at radius 3 is 2.82 bits per heavy atom. The van der Waals surface area contributed by atoms with Gasteiger partial charge in [-0.05, 0) is 42.5 Å². The van der Waals surface area contributed by atoms with Crippen LogP contribution in [0.25, 0.3) is 32.6 Å². The molecule has 5 aromatic rings. The number of hydrogen-bond acceptors (Lipinski definition) is 4. The number of halogens is 1. The number of fused-ring (bicyclic) bond motifs is 6. The summed E-state index contributed by atoms with van der Waals surface area (Å²) in [7, 11) is 0. The Morgan fingerprint density at radius 1 is 1.07 bits per heavy atom. The largest absolute Gasteiger partial charge is 0.332 e. The molecular formula is C21H11FN4OS. The maximum atomic E-state index is 13.9. The summed E-state index contributed by atoms with van der Waals surface area (Å²) in [5, 5.41) is 12.0. The molecule has 134 valence electrons. The van der Waals surface area contributed by atoms with Crippen molar-refractivity contribution < 1.29 is 4.39 Å². The zero-order chi connectivity index (χ0) is 19.3. The molecule has 0 radical (unpaired) electrons. The van der Waals surface area contributed by atoms with E-state index in [0.29, 0.717) is 32.4 Å². The predicted octanol–water partition coefficient (Wildman–Crippen LogP) is 4.72. The van der Waals surface area contributed by atoms with Crippen molar-refractivity contribution in [1.82, 2.24) is 15.0 Å². The lowest BCUT2D eigenvalue weighted by molar-refractivity contribution is 0.630. The lowest BCUT2D eigenvalue weighted by atomic mass is 10.0. The minimum atomic E-state index is -0.404. The summed E-state index contributed by atoms with van der Waals surface area (Å²) >= 11 is 1.39. The van der Waals surface area contributed by atoms with Crippen molar-refractivity contribution >= 4 is 44.3 Å². The van der Waals surface area contributed by atoms with E-state index in [1.807, 2.05) is 12.1 Å². The average molecular weight is 386 g/mol. The molecule has 0 saturated carbocycles. The van der Waals surface area contributed by atoms with Gasteiger partial charge in [0.05, 0.1) is 28.1 Å². The van der Waals surface area contributed by atoms with E-state index in [4.69, 9.17) is 5.26 Å². The number of rotatable bonds is 2. The van der Waals surface area contributed by atoms with E-state index >= 15 is 0 Å². The number of H-pyrrole nitrogens is 2. The average Bonchev–Trinajstić information content (AvgIpc) is 3.12. The second-order valence-corrected chi connectivity index (χ2v) is 7.35. The van der Waals surface area contributed by atoms with Crippen LogP contribution in [0.4, 0.5) is 4.39 Å². The van der Waals surface area contributed by atoms with Crippen LogP contribution in [0.5, 0.6) is 0 Å². The summed E-state index contributed by atoms with van der Waals surface area (Å²) in [5.41, 5.74) is 1.68. The second kappa shape index (κ2) is 6.22. The molecule has 0 fully saturated rings. The lowest BCUT2D eigenvalue weighted by Crippen LogP contribution is -2.05. The molecule has 2 N–H and O–H groups in total. The van der Waals surface area contributed by atoms with Crippen molar-refractivity contribution in [2.75, 3.05) is 0 Å². The molecule has 0 aliphatic rings. The van der Waals surface area contributed by atoms with Crippen LogP contribution < -0.4 is 5.56 Å². The Hall–Kier alpha value is -3.63. The summed E-state index contributed by atoms with van der Waals surface area (Å²) in [6, 6.07) is 15.5. The fraction of sp³-hybridized carbons (Fsp3) is 0. The lowest BCUT2D eigenvalue weighted by Gasteiger charge is -2.05. The quantitative estimate of drug-likeness (QED) is 0.430. The zero-order valence-corrected chi connectivity index (χ0v) is 15.1. The molecule has 5 rings (SSSR count). The molecule has 0 atom stereocenters. The van der Waals surface area contributed by atoms with Crippen LogP contribution in [0.3, 0.4) is 0 Å². The van der Waals surface area contributed by atoms with Gasteiger partial charge in [-0.1, -0.05) is 17.8 Å². The standard InChI is InChI=1S/C21H11FN4OS/c22-12-4-5-14-16(9-12)17-15(6-7-24-20(17)27)19-18(14)25-21(26-19)28-13-3-1-2-11(8-13)10-23/h1-9H,(H,24,27)(H,25,26). The van der Waals surface area contributed by atoms with E-state index < -0.39 is 5.82 Å². The number of benzene rings is 3. The number of pyridine rings is 1. The Labute approximate surface area is 161 Å². The SMILES string of the molecule is N#Cc1cccc(Sc2nc3c4cc[nH]c(=O)c4c4cc(F)ccc4c3[nH]2)c1. The fourth-order valence-corrected chi connectivity index (χ4v) is 4.26. The highest BCUT2D eigenvalue weighted by Gasteiger charge is 2.16. The van der Waals surface area contributed by atoms with Crippen LogP contribution in [-0.4, -0.2) is 15.0 Å². The monoisotopic (exact) mass is 386 g/mol. The second-order valence-electron chi connectivity index (χ2n) is 6.29. The third kappa shape index (κ3) is 2.54. The molecule has 2 heterocycles. The van der Waals surface area contributed by atoms with Gasteiger partial charge in [0.15, 0.2) is 5.16 Å². The number of aromatic amines is 2. The van der Waals surface area contributed by atoms with Crippen molar-refractivity contribution in [2.45, 2.75) is 10.1 Å². The first-order valence-corrected chi connectivity index (χ1v) is 9.26. The van der Waals surface area contributed by atoms with Crippen LogP contribution in [0.2, 0.25) is 0 Å². The van der Waals surface area contributed by atoms with Gasteiger partial charge in [0.25, 0.3) is 5.56 Å². The maximum Gasteiger partial charge on any atom is 0.256 e. The van der Waals surface area contributed by atoms with Gasteiger partial charge in [0.1, 0.15) is 5.82 Å². The van der Waals surface area contributed by atoms with Gasteiger partial charge < -0.3 is 9.97 Å². The normalized spacial score (nSPS) is 11.3. The van der Waals surface area contributed by atoms with Gasteiger partial charge in [-0.25, -0.2) is 9.37 Å². The molecule has 5 nitrogen and oxygen atoms in total. The number of hydrogen-bond donors (Lipinski definition) is 2. The van der Waals surface area contributed by atoms with E-state index in [9.17, 15) is 9.18 Å². The van der Waals surface area contributed by atoms with Crippen LogP contribution in [0.1, 0.15) is 5.56 Å². The number of nitrogens with zero attached hydrogens (tertiary/aromatic N) is 2. The number of imidazole rings is 1. The van der Waals surface area contributed by atoms with Gasteiger partial charge in [0, 0.05) is 27.3 Å². The van der Waals surface area contributed by atoms with E-state index in [-0.39, 0.29) is 5.56 Å². The molecule has 0 bridgehead atoms. The number of aromatic nitrogens is 3.